The van der Waals surface area contributed by atoms with E-state index in [4.69, 9.17) is 5.11 Å². The van der Waals surface area contributed by atoms with Gasteiger partial charge < -0.3 is 5.11 Å². The number of carboxylic acids is 1. The molecule has 5 heteroatoms. The highest BCUT2D eigenvalue weighted by Crippen LogP contribution is 2.31. The molecule has 1 N–H and O–H groups in total. The van der Waals surface area contributed by atoms with Gasteiger partial charge in [0.2, 0.25) is 6.43 Å². The van der Waals surface area contributed by atoms with Crippen LogP contribution in [0.15, 0.2) is 29.2 Å². The first kappa shape index (κ1) is 14.0. The van der Waals surface area contributed by atoms with Crippen molar-refractivity contribution in [2.45, 2.75) is 30.6 Å². The Morgan fingerprint density at radius 2 is 2.06 bits per heavy atom. The van der Waals surface area contributed by atoms with Crippen LogP contribution in [0, 0.1) is 0 Å². The van der Waals surface area contributed by atoms with Gasteiger partial charge in [-0.3, -0.25) is 4.79 Å². The zero-order valence-electron chi connectivity index (χ0n) is 9.40. The van der Waals surface area contributed by atoms with Gasteiger partial charge in [0.15, 0.2) is 0 Å². The second-order valence-electron chi connectivity index (χ2n) is 3.54. The Kier molecular flexibility index (Phi) is 5.41. The van der Waals surface area contributed by atoms with Crippen molar-refractivity contribution in [1.82, 2.24) is 0 Å². The molecule has 0 spiro atoms. The molecular weight excluding hydrogens is 246 g/mol. The summed E-state index contributed by atoms with van der Waals surface area (Å²) in [6, 6.07) is 6.84. The Labute approximate surface area is 103 Å². The topological polar surface area (TPSA) is 37.3 Å². The number of hydrogen-bond acceptors (Lipinski definition) is 2. The lowest BCUT2D eigenvalue weighted by molar-refractivity contribution is -0.138. The van der Waals surface area contributed by atoms with Crippen LogP contribution in [0.4, 0.5) is 8.78 Å². The SMILES string of the molecule is CCC(C(=O)O)c1ccccc1SCC(F)F. The van der Waals surface area contributed by atoms with E-state index in [0.717, 1.165) is 11.8 Å². The van der Waals surface area contributed by atoms with Crippen LogP contribution in [0.25, 0.3) is 0 Å². The summed E-state index contributed by atoms with van der Waals surface area (Å²) < 4.78 is 24.3. The van der Waals surface area contributed by atoms with Crippen molar-refractivity contribution in [2.75, 3.05) is 5.75 Å². The molecule has 0 aliphatic heterocycles. The molecule has 17 heavy (non-hydrogen) atoms. The highest BCUT2D eigenvalue weighted by molar-refractivity contribution is 7.99. The predicted octanol–water partition coefficient (Wildman–Crippen LogP) is 3.62. The van der Waals surface area contributed by atoms with Crippen LogP contribution in [0.5, 0.6) is 0 Å². The van der Waals surface area contributed by atoms with Gasteiger partial charge in [-0.15, -0.1) is 11.8 Å². The van der Waals surface area contributed by atoms with Crippen LogP contribution >= 0.6 is 11.8 Å². The molecule has 0 saturated carbocycles. The van der Waals surface area contributed by atoms with Crippen LogP contribution in [0.1, 0.15) is 24.8 Å². The number of aliphatic carboxylic acids is 1. The third-order valence-electron chi connectivity index (χ3n) is 2.37. The minimum atomic E-state index is -2.39. The molecule has 1 atom stereocenters. The van der Waals surface area contributed by atoms with Crippen LogP contribution in [-0.2, 0) is 4.79 Å². The third kappa shape index (κ3) is 4.00. The first-order valence-electron chi connectivity index (χ1n) is 5.29. The number of hydrogen-bond donors (Lipinski definition) is 1. The minimum absolute atomic E-state index is 0.312. The molecule has 94 valence electrons. The molecular formula is C12H14F2O2S. The maximum atomic E-state index is 12.2. The van der Waals surface area contributed by atoms with Crippen LogP contribution < -0.4 is 0 Å². The summed E-state index contributed by atoms with van der Waals surface area (Å²) in [7, 11) is 0. The average Bonchev–Trinajstić information content (AvgIpc) is 2.28. The van der Waals surface area contributed by atoms with Crippen molar-refractivity contribution in [1.29, 1.82) is 0 Å². The van der Waals surface area contributed by atoms with Crippen molar-refractivity contribution in [3.05, 3.63) is 29.8 Å². The summed E-state index contributed by atoms with van der Waals surface area (Å²) in [5.74, 6) is -1.86. The van der Waals surface area contributed by atoms with Gasteiger partial charge in [-0.25, -0.2) is 8.78 Å². The summed E-state index contributed by atoms with van der Waals surface area (Å²) in [5, 5.41) is 9.07. The molecule has 0 aliphatic rings. The number of carboxylic acid groups (broad SMARTS) is 1. The maximum absolute atomic E-state index is 12.2. The Morgan fingerprint density at radius 1 is 1.41 bits per heavy atom. The Bertz CT molecular complexity index is 383. The van der Waals surface area contributed by atoms with E-state index in [1.165, 1.54) is 0 Å². The van der Waals surface area contributed by atoms with Crippen molar-refractivity contribution < 1.29 is 18.7 Å². The minimum Gasteiger partial charge on any atom is -0.481 e. The van der Waals surface area contributed by atoms with Gasteiger partial charge >= 0.3 is 5.97 Å². The quantitative estimate of drug-likeness (QED) is 0.794. The molecule has 0 aromatic heterocycles. The molecule has 1 rings (SSSR count). The zero-order valence-corrected chi connectivity index (χ0v) is 10.2. The number of halogens is 2. The van der Waals surface area contributed by atoms with Gasteiger partial charge in [0.25, 0.3) is 0 Å². The number of thioether (sulfide) groups is 1. The lowest BCUT2D eigenvalue weighted by atomic mass is 9.97. The Morgan fingerprint density at radius 3 is 2.59 bits per heavy atom. The third-order valence-corrected chi connectivity index (χ3v) is 3.47. The monoisotopic (exact) mass is 260 g/mol. The van der Waals surface area contributed by atoms with Gasteiger partial charge in [0.1, 0.15) is 0 Å². The molecule has 1 aromatic carbocycles. The number of carbonyl (C=O) groups is 1. The fourth-order valence-corrected chi connectivity index (χ4v) is 2.44. The van der Waals surface area contributed by atoms with E-state index in [9.17, 15) is 13.6 Å². The van der Waals surface area contributed by atoms with E-state index in [2.05, 4.69) is 0 Å². The van der Waals surface area contributed by atoms with Gasteiger partial charge in [0, 0.05) is 4.90 Å². The van der Waals surface area contributed by atoms with Crippen LogP contribution in [0.2, 0.25) is 0 Å². The van der Waals surface area contributed by atoms with E-state index in [1.54, 1.807) is 31.2 Å². The van der Waals surface area contributed by atoms with Crippen LogP contribution in [0.3, 0.4) is 0 Å². The van der Waals surface area contributed by atoms with E-state index in [-0.39, 0.29) is 5.75 Å². The van der Waals surface area contributed by atoms with Crippen molar-refractivity contribution in [3.63, 3.8) is 0 Å². The second kappa shape index (κ2) is 6.59. The van der Waals surface area contributed by atoms with Gasteiger partial charge in [0.05, 0.1) is 11.7 Å². The van der Waals surface area contributed by atoms with Gasteiger partial charge in [-0.05, 0) is 18.1 Å². The maximum Gasteiger partial charge on any atom is 0.311 e. The normalized spacial score (nSPS) is 12.7. The summed E-state index contributed by atoms with van der Waals surface area (Å²) in [5.41, 5.74) is 0.619. The van der Waals surface area contributed by atoms with E-state index in [1.807, 2.05) is 0 Å². The first-order valence-corrected chi connectivity index (χ1v) is 6.27. The lowest BCUT2D eigenvalue weighted by Gasteiger charge is -2.14. The molecule has 1 unspecified atom stereocenters. The molecule has 0 aliphatic carbocycles. The second-order valence-corrected chi connectivity index (χ2v) is 4.60. The van der Waals surface area contributed by atoms with E-state index in [0.29, 0.717) is 16.9 Å². The van der Waals surface area contributed by atoms with E-state index >= 15 is 0 Å². The summed E-state index contributed by atoms with van der Waals surface area (Å²) in [6.45, 7) is 1.77. The zero-order chi connectivity index (χ0) is 12.8. The Hall–Kier alpha value is -1.10. The van der Waals surface area contributed by atoms with Crippen LogP contribution in [-0.4, -0.2) is 23.3 Å². The number of rotatable bonds is 6. The summed E-state index contributed by atoms with van der Waals surface area (Å²) >= 11 is 1.00. The first-order chi connectivity index (χ1) is 8.06. The van der Waals surface area contributed by atoms with Crippen molar-refractivity contribution in [3.8, 4) is 0 Å². The standard InChI is InChI=1S/C12H14F2O2S/c1-2-8(12(15)16)9-5-3-4-6-10(9)17-7-11(13)14/h3-6,8,11H,2,7H2,1H3,(H,15,16). The predicted molar refractivity (Wildman–Crippen MR) is 63.8 cm³/mol. The fourth-order valence-electron chi connectivity index (χ4n) is 1.58. The molecule has 0 amide bonds. The summed E-state index contributed by atoms with van der Waals surface area (Å²) in [4.78, 5) is 11.7. The van der Waals surface area contributed by atoms with Crippen molar-refractivity contribution >= 4 is 17.7 Å². The fraction of sp³-hybridized carbons (Fsp3) is 0.417. The molecule has 0 saturated heterocycles. The largest absolute Gasteiger partial charge is 0.481 e. The molecule has 0 radical (unpaired) electrons. The molecule has 0 fully saturated rings. The Balaban J connectivity index is 2.93. The van der Waals surface area contributed by atoms with E-state index < -0.39 is 18.3 Å². The highest BCUT2D eigenvalue weighted by atomic mass is 32.2. The van der Waals surface area contributed by atoms with Gasteiger partial charge in [-0.1, -0.05) is 25.1 Å². The average molecular weight is 260 g/mol. The summed E-state index contributed by atoms with van der Waals surface area (Å²) in [6.07, 6.45) is -1.94. The highest BCUT2D eigenvalue weighted by Gasteiger charge is 2.20. The lowest BCUT2D eigenvalue weighted by Crippen LogP contribution is -2.11. The number of alkyl halides is 2. The number of benzene rings is 1. The smallest absolute Gasteiger partial charge is 0.311 e. The molecule has 1 aromatic rings. The van der Waals surface area contributed by atoms with Crippen molar-refractivity contribution in [2.24, 2.45) is 0 Å². The molecule has 0 bridgehead atoms. The molecule has 2 nitrogen and oxygen atoms in total. The molecule has 0 heterocycles. The van der Waals surface area contributed by atoms with Gasteiger partial charge in [-0.2, -0.15) is 0 Å².